The van der Waals surface area contributed by atoms with Crippen molar-refractivity contribution in [2.24, 2.45) is 0 Å². The van der Waals surface area contributed by atoms with Crippen molar-refractivity contribution in [1.29, 1.82) is 0 Å². The van der Waals surface area contributed by atoms with Crippen molar-refractivity contribution in [3.05, 3.63) is 23.8 Å². The van der Waals surface area contributed by atoms with E-state index in [0.29, 0.717) is 13.2 Å². The molecule has 1 aromatic rings. The smallest absolute Gasteiger partial charge is 0.157 e. The van der Waals surface area contributed by atoms with E-state index in [2.05, 4.69) is 4.98 Å². The summed E-state index contributed by atoms with van der Waals surface area (Å²) in [5.74, 6) is -0.0542. The predicted molar refractivity (Wildman–Crippen MR) is 67.8 cm³/mol. The van der Waals surface area contributed by atoms with Crippen LogP contribution in [0.1, 0.15) is 28.9 Å². The van der Waals surface area contributed by atoms with Crippen LogP contribution in [0.3, 0.4) is 0 Å². The van der Waals surface area contributed by atoms with Crippen LogP contribution in [0.4, 0.5) is 5.82 Å². The van der Waals surface area contributed by atoms with E-state index in [-0.39, 0.29) is 42.5 Å². The van der Waals surface area contributed by atoms with Gasteiger partial charge in [-0.15, -0.1) is 0 Å². The fourth-order valence-corrected chi connectivity index (χ4v) is 1.70. The molecule has 0 spiro atoms. The van der Waals surface area contributed by atoms with Gasteiger partial charge < -0.3 is 19.9 Å². The topological polar surface area (TPSA) is 66.6 Å². The Balaban J connectivity index is 1.76. The number of rotatable bonds is 6. The second-order valence-electron chi connectivity index (χ2n) is 4.06. The van der Waals surface area contributed by atoms with E-state index in [1.54, 1.807) is 0 Å². The largest absolute Gasteiger partial charge is 0.384 e. The molecular weight excluding hydrogens is 232 g/mol. The average molecular weight is 255 g/mol. The summed E-state index contributed by atoms with van der Waals surface area (Å²) in [6.45, 7) is 1.50. The summed E-state index contributed by atoms with van der Waals surface area (Å²) in [4.78, 5) is 3.61. The highest BCUT2D eigenvalue weighted by Crippen LogP contribution is 2.13. The third-order valence-electron chi connectivity index (χ3n) is 2.58. The highest BCUT2D eigenvalue weighted by molar-refractivity contribution is 5.31. The number of hydrogen-bond acceptors (Lipinski definition) is 5. The molecule has 1 saturated heterocycles. The van der Waals surface area contributed by atoms with E-state index in [1.807, 2.05) is 0 Å². The first-order valence-corrected chi connectivity index (χ1v) is 6.12. The molecule has 0 bridgehead atoms. The highest BCUT2D eigenvalue weighted by Gasteiger charge is 2.13. The Bertz CT molecular complexity index is 456. The van der Waals surface area contributed by atoms with Crippen LogP contribution in [0.2, 0.25) is 0 Å². The maximum absolute atomic E-state index is 7.75. The molecule has 1 aromatic heterocycles. The molecule has 0 aromatic carbocycles. The molecule has 2 rings (SSSR count). The Morgan fingerprint density at radius 1 is 1.50 bits per heavy atom. The molecule has 1 fully saturated rings. The molecule has 0 saturated carbocycles. The van der Waals surface area contributed by atoms with Crippen molar-refractivity contribution >= 4 is 5.82 Å². The lowest BCUT2D eigenvalue weighted by Gasteiger charge is -2.22. The van der Waals surface area contributed by atoms with Crippen LogP contribution in [0, 0.1) is 0 Å². The van der Waals surface area contributed by atoms with Gasteiger partial charge >= 0.3 is 0 Å². The molecule has 1 atom stereocenters. The van der Waals surface area contributed by atoms with Crippen molar-refractivity contribution in [3.63, 3.8) is 0 Å². The number of hydrogen-bond donors (Lipinski definition) is 1. The van der Waals surface area contributed by atoms with E-state index in [9.17, 15) is 0 Å². The Morgan fingerprint density at radius 2 is 2.44 bits per heavy atom. The summed E-state index contributed by atoms with van der Waals surface area (Å²) < 4.78 is 39.3. The van der Waals surface area contributed by atoms with Gasteiger partial charge in [-0.05, 0) is 36.9 Å². The highest BCUT2D eigenvalue weighted by atomic mass is 16.7. The van der Waals surface area contributed by atoms with Gasteiger partial charge in [0.15, 0.2) is 6.29 Å². The Morgan fingerprint density at radius 3 is 3.28 bits per heavy atom. The number of ether oxygens (including phenoxy) is 3. The summed E-state index contributed by atoms with van der Waals surface area (Å²) in [6.07, 6.45) is 2.69. The lowest BCUT2D eigenvalue weighted by atomic mass is 10.2. The van der Waals surface area contributed by atoms with E-state index < -0.39 is 0 Å². The molecule has 0 aliphatic carbocycles. The number of aromatic nitrogens is 1. The standard InChI is InChI=1S/C13H20N2O3/c14-12-9-11(4-5-15-12)10-16-7-8-18-13-3-1-2-6-17-13/h4-5,9,13H,1-3,6-8,10H2,(H2,14,15)/i4D,5D,9D. The normalized spacial score (nSPS) is 22.2. The molecule has 1 aliphatic heterocycles. The van der Waals surface area contributed by atoms with Gasteiger partial charge in [0.2, 0.25) is 0 Å². The lowest BCUT2D eigenvalue weighted by molar-refractivity contribution is -0.169. The van der Waals surface area contributed by atoms with Crippen LogP contribution < -0.4 is 5.73 Å². The van der Waals surface area contributed by atoms with E-state index >= 15 is 0 Å². The van der Waals surface area contributed by atoms with Gasteiger partial charge in [-0.1, -0.05) is 0 Å². The SMILES string of the molecule is [2H]c1nc(N)c([2H])c(COCCOC2CCCCO2)c1[2H]. The maximum atomic E-state index is 7.75. The monoisotopic (exact) mass is 255 g/mol. The van der Waals surface area contributed by atoms with Crippen LogP contribution in [0.15, 0.2) is 18.3 Å². The van der Waals surface area contributed by atoms with Crippen molar-refractivity contribution in [2.45, 2.75) is 32.2 Å². The van der Waals surface area contributed by atoms with Gasteiger partial charge in [0.1, 0.15) is 5.82 Å². The molecule has 0 amide bonds. The molecule has 0 radical (unpaired) electrons. The average Bonchev–Trinajstić information content (AvgIpc) is 2.49. The third kappa shape index (κ3) is 4.60. The molecule has 5 nitrogen and oxygen atoms in total. The summed E-state index contributed by atoms with van der Waals surface area (Å²) >= 11 is 0. The first kappa shape index (κ1) is 9.72. The number of nitrogen functional groups attached to an aromatic ring is 1. The maximum Gasteiger partial charge on any atom is 0.157 e. The number of nitrogens with zero attached hydrogens (tertiary/aromatic N) is 1. The molecule has 100 valence electrons. The fourth-order valence-electron chi connectivity index (χ4n) is 1.70. The second kappa shape index (κ2) is 7.31. The number of anilines is 1. The first-order valence-electron chi connectivity index (χ1n) is 7.62. The van der Waals surface area contributed by atoms with Crippen LogP contribution in [-0.2, 0) is 20.8 Å². The zero-order valence-corrected chi connectivity index (χ0v) is 10.3. The van der Waals surface area contributed by atoms with Crippen LogP contribution in [-0.4, -0.2) is 31.1 Å². The zero-order chi connectivity index (χ0) is 15.2. The van der Waals surface area contributed by atoms with Gasteiger partial charge in [-0.3, -0.25) is 0 Å². The van der Waals surface area contributed by atoms with E-state index in [4.69, 9.17) is 24.1 Å². The molecule has 1 aliphatic rings. The summed E-state index contributed by atoms with van der Waals surface area (Å²) in [7, 11) is 0. The van der Waals surface area contributed by atoms with Crippen molar-refractivity contribution in [3.8, 4) is 0 Å². The summed E-state index contributed by atoms with van der Waals surface area (Å²) in [5, 5.41) is 0. The van der Waals surface area contributed by atoms with Gasteiger partial charge in [0.05, 0.1) is 23.9 Å². The predicted octanol–water partition coefficient (Wildman–Crippen LogP) is 1.72. The minimum absolute atomic E-state index is 0.0468. The fraction of sp³-hybridized carbons (Fsp3) is 0.615. The van der Waals surface area contributed by atoms with Crippen molar-refractivity contribution in [2.75, 3.05) is 25.6 Å². The van der Waals surface area contributed by atoms with Crippen LogP contribution in [0.5, 0.6) is 0 Å². The molecule has 1 unspecified atom stereocenters. The number of nitrogens with two attached hydrogens (primary N) is 1. The van der Waals surface area contributed by atoms with Gasteiger partial charge in [0.25, 0.3) is 0 Å². The Hall–Kier alpha value is -1.17. The summed E-state index contributed by atoms with van der Waals surface area (Å²) in [5.41, 5.74) is 5.80. The van der Waals surface area contributed by atoms with Gasteiger partial charge in [-0.2, -0.15) is 0 Å². The van der Waals surface area contributed by atoms with Crippen LogP contribution >= 0.6 is 0 Å². The third-order valence-corrected chi connectivity index (χ3v) is 2.58. The van der Waals surface area contributed by atoms with E-state index in [1.165, 1.54) is 0 Å². The lowest BCUT2D eigenvalue weighted by Crippen LogP contribution is -2.23. The van der Waals surface area contributed by atoms with Crippen LogP contribution in [0.25, 0.3) is 0 Å². The van der Waals surface area contributed by atoms with E-state index in [0.717, 1.165) is 25.9 Å². The minimum Gasteiger partial charge on any atom is -0.384 e. The molecular formula is C13H20N2O3. The quantitative estimate of drug-likeness (QED) is 0.784. The summed E-state index contributed by atoms with van der Waals surface area (Å²) in [6, 6.07) is -0.168. The first-order chi connectivity index (χ1) is 10.1. The molecule has 2 heterocycles. The molecule has 5 heteroatoms. The molecule has 2 N–H and O–H groups in total. The molecule has 18 heavy (non-hydrogen) atoms. The van der Waals surface area contributed by atoms with Crippen molar-refractivity contribution < 1.29 is 18.3 Å². The zero-order valence-electron chi connectivity index (χ0n) is 13.3. The Kier molecular flexibility index (Phi) is 3.95. The number of pyridine rings is 1. The Labute approximate surface area is 111 Å². The second-order valence-corrected chi connectivity index (χ2v) is 4.06. The minimum atomic E-state index is -0.242. The van der Waals surface area contributed by atoms with Gasteiger partial charge in [-0.25, -0.2) is 4.98 Å². The van der Waals surface area contributed by atoms with Gasteiger partial charge in [0, 0.05) is 12.8 Å². The van der Waals surface area contributed by atoms with Crippen molar-refractivity contribution in [1.82, 2.24) is 4.98 Å².